The van der Waals surface area contributed by atoms with Crippen LogP contribution in [0, 0.1) is 5.92 Å². The van der Waals surface area contributed by atoms with Crippen LogP contribution in [0.5, 0.6) is 17.2 Å². The predicted octanol–water partition coefficient (Wildman–Crippen LogP) is 6.19. The van der Waals surface area contributed by atoms with Crippen molar-refractivity contribution >= 4 is 29.3 Å². The van der Waals surface area contributed by atoms with E-state index in [1.165, 1.54) is 4.90 Å². The van der Waals surface area contributed by atoms with Gasteiger partial charge < -0.3 is 19.5 Å². The minimum Gasteiger partial charge on any atom is -0.490 e. The molecule has 0 unspecified atom stereocenters. The van der Waals surface area contributed by atoms with Crippen molar-refractivity contribution in [2.24, 2.45) is 5.92 Å². The number of ether oxygens (including phenoxy) is 2. The lowest BCUT2D eigenvalue weighted by Crippen LogP contribution is -2.34. The second-order valence-corrected chi connectivity index (χ2v) is 7.30. The van der Waals surface area contributed by atoms with E-state index in [1.807, 2.05) is 0 Å². The Morgan fingerprint density at radius 1 is 1.11 bits per heavy atom. The molecule has 5 nitrogen and oxygen atoms in total. The van der Waals surface area contributed by atoms with Gasteiger partial charge in [-0.25, -0.2) is 4.79 Å². The highest BCUT2D eigenvalue weighted by molar-refractivity contribution is 6.32. The number of carbonyl (C=O) groups is 1. The van der Waals surface area contributed by atoms with Crippen molar-refractivity contribution in [2.75, 3.05) is 19.7 Å². The standard InChI is InChI=1S/C20H23Cl2NO4/c1-14(2)8-9-23(20(24)25)10-11-26-19-7-6-17(13-18(19)22)27-16-5-3-4-15(21)12-16/h3-7,12-14H,8-11H2,1-2H3,(H,24,25). The summed E-state index contributed by atoms with van der Waals surface area (Å²) in [5, 5.41) is 10.2. The van der Waals surface area contributed by atoms with E-state index >= 15 is 0 Å². The molecule has 7 heteroatoms. The molecule has 2 rings (SSSR count). The highest BCUT2D eigenvalue weighted by Gasteiger charge is 2.13. The third-order valence-electron chi connectivity index (χ3n) is 3.80. The Kier molecular flexibility index (Phi) is 8.07. The molecule has 1 amide bonds. The maximum absolute atomic E-state index is 11.3. The molecule has 0 heterocycles. The molecule has 0 aromatic heterocycles. The Balaban J connectivity index is 1.90. The lowest BCUT2D eigenvalue weighted by molar-refractivity contribution is 0.132. The molecule has 146 valence electrons. The Bertz CT molecular complexity index is 767. The zero-order valence-corrected chi connectivity index (χ0v) is 16.8. The summed E-state index contributed by atoms with van der Waals surface area (Å²) in [5.74, 6) is 2.08. The highest BCUT2D eigenvalue weighted by atomic mass is 35.5. The van der Waals surface area contributed by atoms with Gasteiger partial charge in [-0.05, 0) is 42.7 Å². The average Bonchev–Trinajstić information content (AvgIpc) is 2.59. The smallest absolute Gasteiger partial charge is 0.407 e. The van der Waals surface area contributed by atoms with Crippen molar-refractivity contribution in [3.63, 3.8) is 0 Å². The van der Waals surface area contributed by atoms with Crippen LogP contribution in [0.15, 0.2) is 42.5 Å². The van der Waals surface area contributed by atoms with Crippen LogP contribution in [0.4, 0.5) is 4.79 Å². The molecule has 0 fully saturated rings. The van der Waals surface area contributed by atoms with Crippen molar-refractivity contribution in [2.45, 2.75) is 20.3 Å². The van der Waals surface area contributed by atoms with Gasteiger partial charge in [-0.3, -0.25) is 0 Å². The summed E-state index contributed by atoms with van der Waals surface area (Å²) >= 11 is 12.2. The van der Waals surface area contributed by atoms with Crippen molar-refractivity contribution < 1.29 is 19.4 Å². The predicted molar refractivity (Wildman–Crippen MR) is 108 cm³/mol. The number of carboxylic acid groups (broad SMARTS) is 1. The average molecular weight is 412 g/mol. The molecule has 0 aliphatic heterocycles. The van der Waals surface area contributed by atoms with Crippen LogP contribution < -0.4 is 9.47 Å². The fourth-order valence-electron chi connectivity index (χ4n) is 2.31. The van der Waals surface area contributed by atoms with Gasteiger partial charge in [0.1, 0.15) is 23.9 Å². The summed E-state index contributed by atoms with van der Waals surface area (Å²) in [6.45, 7) is 5.10. The Morgan fingerprint density at radius 3 is 2.48 bits per heavy atom. The van der Waals surface area contributed by atoms with Crippen molar-refractivity contribution in [1.82, 2.24) is 4.90 Å². The maximum atomic E-state index is 11.3. The first kappa shape index (κ1) is 21.2. The molecule has 0 atom stereocenters. The molecule has 0 radical (unpaired) electrons. The Morgan fingerprint density at radius 2 is 1.85 bits per heavy atom. The minimum absolute atomic E-state index is 0.221. The van der Waals surface area contributed by atoms with Crippen LogP contribution in [-0.4, -0.2) is 35.8 Å². The summed E-state index contributed by atoms with van der Waals surface area (Å²) in [5.41, 5.74) is 0. The molecule has 2 aromatic rings. The molecule has 27 heavy (non-hydrogen) atoms. The highest BCUT2D eigenvalue weighted by Crippen LogP contribution is 2.32. The molecule has 0 aliphatic carbocycles. The second kappa shape index (κ2) is 10.3. The summed E-state index contributed by atoms with van der Waals surface area (Å²) in [6, 6.07) is 12.1. The number of amides is 1. The molecule has 0 saturated carbocycles. The zero-order chi connectivity index (χ0) is 19.8. The second-order valence-electron chi connectivity index (χ2n) is 6.45. The van der Waals surface area contributed by atoms with Crippen LogP contribution in [0.25, 0.3) is 0 Å². The number of benzene rings is 2. The number of rotatable bonds is 9. The van der Waals surface area contributed by atoms with Crippen LogP contribution in [0.2, 0.25) is 10.0 Å². The van der Waals surface area contributed by atoms with Crippen LogP contribution in [0.1, 0.15) is 20.3 Å². The summed E-state index contributed by atoms with van der Waals surface area (Å²) < 4.78 is 11.3. The Labute approximate surface area is 169 Å². The lowest BCUT2D eigenvalue weighted by atomic mass is 10.1. The molecule has 0 aliphatic rings. The summed E-state index contributed by atoms with van der Waals surface area (Å²) in [7, 11) is 0. The first-order valence-electron chi connectivity index (χ1n) is 8.69. The lowest BCUT2D eigenvalue weighted by Gasteiger charge is -2.20. The van der Waals surface area contributed by atoms with Crippen molar-refractivity contribution in [3.05, 3.63) is 52.5 Å². The molecular formula is C20H23Cl2NO4. The number of hydrogen-bond donors (Lipinski definition) is 1. The fourth-order valence-corrected chi connectivity index (χ4v) is 2.72. The van der Waals surface area contributed by atoms with Crippen molar-refractivity contribution in [1.29, 1.82) is 0 Å². The maximum Gasteiger partial charge on any atom is 0.407 e. The van der Waals surface area contributed by atoms with E-state index in [0.717, 1.165) is 6.42 Å². The van der Waals surface area contributed by atoms with E-state index in [1.54, 1.807) is 42.5 Å². The van der Waals surface area contributed by atoms with Crippen LogP contribution >= 0.6 is 23.2 Å². The largest absolute Gasteiger partial charge is 0.490 e. The Hall–Kier alpha value is -2.11. The molecule has 2 aromatic carbocycles. The van der Waals surface area contributed by atoms with E-state index in [9.17, 15) is 9.90 Å². The fraction of sp³-hybridized carbons (Fsp3) is 0.350. The third kappa shape index (κ3) is 7.19. The third-order valence-corrected chi connectivity index (χ3v) is 4.33. The first-order chi connectivity index (χ1) is 12.8. The number of hydrogen-bond acceptors (Lipinski definition) is 3. The zero-order valence-electron chi connectivity index (χ0n) is 15.3. The van der Waals surface area contributed by atoms with E-state index in [2.05, 4.69) is 13.8 Å². The molecule has 0 bridgehead atoms. The first-order valence-corrected chi connectivity index (χ1v) is 9.44. The SMILES string of the molecule is CC(C)CCN(CCOc1ccc(Oc2cccc(Cl)c2)cc1Cl)C(=O)O. The van der Waals surface area contributed by atoms with Gasteiger partial charge in [0.2, 0.25) is 0 Å². The van der Waals surface area contributed by atoms with Crippen molar-refractivity contribution in [3.8, 4) is 17.2 Å². The van der Waals surface area contributed by atoms with Gasteiger partial charge in [-0.15, -0.1) is 0 Å². The molecule has 0 saturated heterocycles. The van der Waals surface area contributed by atoms with Gasteiger partial charge in [-0.2, -0.15) is 0 Å². The van der Waals surface area contributed by atoms with E-state index in [4.69, 9.17) is 32.7 Å². The van der Waals surface area contributed by atoms with Gasteiger partial charge >= 0.3 is 6.09 Å². The normalized spacial score (nSPS) is 10.7. The summed E-state index contributed by atoms with van der Waals surface area (Å²) in [4.78, 5) is 12.6. The van der Waals surface area contributed by atoms with Gasteiger partial charge in [0.15, 0.2) is 0 Å². The van der Waals surface area contributed by atoms with Gasteiger partial charge in [0, 0.05) is 17.6 Å². The minimum atomic E-state index is -0.949. The van der Waals surface area contributed by atoms with Gasteiger partial charge in [0.25, 0.3) is 0 Å². The topological polar surface area (TPSA) is 59.0 Å². The monoisotopic (exact) mass is 411 g/mol. The number of halogens is 2. The van der Waals surface area contributed by atoms with Crippen LogP contribution in [-0.2, 0) is 0 Å². The van der Waals surface area contributed by atoms with Gasteiger partial charge in [-0.1, -0.05) is 43.1 Å². The quantitative estimate of drug-likeness (QED) is 0.534. The summed E-state index contributed by atoms with van der Waals surface area (Å²) in [6.07, 6.45) is -0.140. The van der Waals surface area contributed by atoms with E-state index in [0.29, 0.717) is 39.8 Å². The van der Waals surface area contributed by atoms with E-state index < -0.39 is 6.09 Å². The van der Waals surface area contributed by atoms with Gasteiger partial charge in [0.05, 0.1) is 11.6 Å². The molecule has 1 N–H and O–H groups in total. The van der Waals surface area contributed by atoms with E-state index in [-0.39, 0.29) is 13.2 Å². The van der Waals surface area contributed by atoms with Crippen LogP contribution in [0.3, 0.4) is 0 Å². The number of nitrogens with zero attached hydrogens (tertiary/aromatic N) is 1. The molecular weight excluding hydrogens is 389 g/mol. The molecule has 0 spiro atoms.